The minimum absolute atomic E-state index is 0.0754. The maximum atomic E-state index is 12.5. The predicted octanol–water partition coefficient (Wildman–Crippen LogP) is 9.38. The molecule has 0 amide bonds. The van der Waals surface area contributed by atoms with Crippen molar-refractivity contribution in [2.24, 2.45) is 40.4 Å². The monoisotopic (exact) mass is 526 g/mol. The van der Waals surface area contributed by atoms with Crippen LogP contribution in [0.3, 0.4) is 0 Å². The number of aliphatic hydroxyl groups is 1. The summed E-state index contributed by atoms with van der Waals surface area (Å²) in [6, 6.07) is 8.03. The van der Waals surface area contributed by atoms with Gasteiger partial charge in [-0.05, 0) is 109 Å². The highest BCUT2D eigenvalue weighted by atomic mass is 35.5. The second-order valence-corrected chi connectivity index (χ2v) is 14.7. The van der Waals surface area contributed by atoms with E-state index < -0.39 is 5.60 Å². The Morgan fingerprint density at radius 1 is 0.973 bits per heavy atom. The molecule has 4 aliphatic rings. The third-order valence-electron chi connectivity index (χ3n) is 11.8. The van der Waals surface area contributed by atoms with Crippen LogP contribution in [0.15, 0.2) is 35.9 Å². The summed E-state index contributed by atoms with van der Waals surface area (Å²) < 4.78 is 6.40. The molecule has 2 nitrogen and oxygen atoms in total. The molecule has 0 bridgehead atoms. The van der Waals surface area contributed by atoms with Gasteiger partial charge in [0, 0.05) is 5.02 Å². The van der Waals surface area contributed by atoms with Crippen LogP contribution in [-0.2, 0) is 11.3 Å². The molecule has 206 valence electrons. The fraction of sp³-hybridized carbons (Fsp3) is 0.765. The lowest BCUT2D eigenvalue weighted by Crippen LogP contribution is -2.60. The van der Waals surface area contributed by atoms with E-state index in [4.69, 9.17) is 16.3 Å². The Balaban J connectivity index is 1.27. The van der Waals surface area contributed by atoms with E-state index in [-0.39, 0.29) is 10.8 Å². The van der Waals surface area contributed by atoms with Gasteiger partial charge in [-0.1, -0.05) is 89.3 Å². The van der Waals surface area contributed by atoms with Gasteiger partial charge in [0.15, 0.2) is 0 Å². The van der Waals surface area contributed by atoms with E-state index >= 15 is 0 Å². The zero-order valence-electron chi connectivity index (χ0n) is 24.1. The van der Waals surface area contributed by atoms with E-state index in [0.717, 1.165) is 36.6 Å². The molecule has 0 aromatic heterocycles. The summed E-state index contributed by atoms with van der Waals surface area (Å²) in [5.74, 6) is 3.20. The highest BCUT2D eigenvalue weighted by molar-refractivity contribution is 6.30. The standard InChI is InChI=1S/C34H51ClO2/c1-23(2)7-6-8-24(3)29-17-20-34(36)31-14-11-26-21-28(37-22-25-9-12-27(35)13-10-25)15-18-32(26,4)30(31)16-19-33(29,34)5/h9-13,23-24,28-31,36H,6-8,14-22H2,1-5H3/t24-,28+,29-,30+,31-,32+,33-,34+/m1/s1. The van der Waals surface area contributed by atoms with Crippen molar-refractivity contribution in [1.29, 1.82) is 0 Å². The zero-order valence-corrected chi connectivity index (χ0v) is 24.8. The predicted molar refractivity (Wildman–Crippen MR) is 155 cm³/mol. The molecule has 0 radical (unpaired) electrons. The number of hydrogen-bond acceptors (Lipinski definition) is 2. The molecule has 3 fully saturated rings. The third kappa shape index (κ3) is 4.98. The normalized spacial score (nSPS) is 40.1. The second kappa shape index (κ2) is 10.6. The van der Waals surface area contributed by atoms with Crippen LogP contribution >= 0.6 is 11.6 Å². The Bertz CT molecular complexity index is 969. The molecule has 0 aliphatic heterocycles. The van der Waals surface area contributed by atoms with Gasteiger partial charge in [0.25, 0.3) is 0 Å². The molecule has 3 saturated carbocycles. The Morgan fingerprint density at radius 3 is 2.46 bits per heavy atom. The lowest BCUT2D eigenvalue weighted by molar-refractivity contribution is -0.184. The zero-order chi connectivity index (χ0) is 26.4. The van der Waals surface area contributed by atoms with Crippen LogP contribution in [0.25, 0.3) is 0 Å². The van der Waals surface area contributed by atoms with Gasteiger partial charge in [-0.15, -0.1) is 0 Å². The summed E-state index contributed by atoms with van der Waals surface area (Å²) in [5, 5.41) is 13.3. The number of fused-ring (bicyclic) bond motifs is 5. The number of ether oxygens (including phenoxy) is 1. The molecule has 0 spiro atoms. The second-order valence-electron chi connectivity index (χ2n) is 14.2. The molecule has 5 rings (SSSR count). The van der Waals surface area contributed by atoms with Crippen molar-refractivity contribution in [1.82, 2.24) is 0 Å². The van der Waals surface area contributed by atoms with Crippen molar-refractivity contribution < 1.29 is 9.84 Å². The molecule has 0 unspecified atom stereocenters. The van der Waals surface area contributed by atoms with Crippen LogP contribution in [0.4, 0.5) is 0 Å². The van der Waals surface area contributed by atoms with Crippen LogP contribution in [0, 0.1) is 40.4 Å². The average Bonchev–Trinajstić information content (AvgIpc) is 3.14. The first kappa shape index (κ1) is 27.7. The molecular weight excluding hydrogens is 476 g/mol. The molecule has 0 saturated heterocycles. The molecule has 1 aromatic carbocycles. The van der Waals surface area contributed by atoms with Gasteiger partial charge in [-0.2, -0.15) is 0 Å². The first-order chi connectivity index (χ1) is 17.6. The summed E-state index contributed by atoms with van der Waals surface area (Å²) in [6.45, 7) is 12.8. The van der Waals surface area contributed by atoms with Gasteiger partial charge in [0.2, 0.25) is 0 Å². The van der Waals surface area contributed by atoms with Crippen molar-refractivity contribution in [2.45, 2.75) is 124 Å². The van der Waals surface area contributed by atoms with Crippen molar-refractivity contribution in [2.75, 3.05) is 0 Å². The van der Waals surface area contributed by atoms with E-state index in [2.05, 4.69) is 52.8 Å². The molecule has 37 heavy (non-hydrogen) atoms. The van der Waals surface area contributed by atoms with E-state index in [1.807, 2.05) is 12.1 Å². The van der Waals surface area contributed by atoms with Crippen LogP contribution in [-0.4, -0.2) is 16.8 Å². The van der Waals surface area contributed by atoms with E-state index in [1.165, 1.54) is 50.5 Å². The molecule has 3 heteroatoms. The fourth-order valence-corrected chi connectivity index (χ4v) is 9.66. The third-order valence-corrected chi connectivity index (χ3v) is 12.1. The first-order valence-corrected chi connectivity index (χ1v) is 15.7. The van der Waals surface area contributed by atoms with Gasteiger partial charge in [0.1, 0.15) is 0 Å². The summed E-state index contributed by atoms with van der Waals surface area (Å²) in [5.41, 5.74) is 2.61. The fourth-order valence-electron chi connectivity index (χ4n) is 9.53. The Labute approximate surface area is 231 Å². The lowest BCUT2D eigenvalue weighted by atomic mass is 9.45. The van der Waals surface area contributed by atoms with Gasteiger partial charge in [0.05, 0.1) is 18.3 Å². The summed E-state index contributed by atoms with van der Waals surface area (Å²) in [7, 11) is 0. The SMILES string of the molecule is CC(C)CCC[C@@H](C)[C@H]1CC[C@]2(O)[C@@H]3CC=C4C[C@@H](OCc5ccc(Cl)cc5)CC[C@]4(C)[C@H]3CC[C@]12C. The number of benzene rings is 1. The van der Waals surface area contributed by atoms with Crippen LogP contribution in [0.2, 0.25) is 5.02 Å². The number of halogens is 1. The van der Waals surface area contributed by atoms with Crippen molar-refractivity contribution in [3.05, 3.63) is 46.5 Å². The number of hydrogen-bond donors (Lipinski definition) is 1. The maximum Gasteiger partial charge on any atom is 0.0737 e. The molecule has 0 heterocycles. The van der Waals surface area contributed by atoms with E-state index in [0.29, 0.717) is 36.4 Å². The molecular formula is C34H51ClO2. The highest BCUT2D eigenvalue weighted by Gasteiger charge is 2.66. The summed E-state index contributed by atoms with van der Waals surface area (Å²) in [6.07, 6.45) is 16.0. The van der Waals surface area contributed by atoms with E-state index in [9.17, 15) is 5.11 Å². The Kier molecular flexibility index (Phi) is 7.96. The highest BCUT2D eigenvalue weighted by Crippen LogP contribution is 2.69. The molecule has 1 aromatic rings. The average molecular weight is 527 g/mol. The first-order valence-electron chi connectivity index (χ1n) is 15.3. The molecule has 8 atom stereocenters. The van der Waals surface area contributed by atoms with Crippen molar-refractivity contribution in [3.8, 4) is 0 Å². The summed E-state index contributed by atoms with van der Waals surface area (Å²) in [4.78, 5) is 0. The topological polar surface area (TPSA) is 29.5 Å². The lowest BCUT2D eigenvalue weighted by Gasteiger charge is -2.61. The van der Waals surface area contributed by atoms with Gasteiger partial charge in [-0.25, -0.2) is 0 Å². The number of allylic oxidation sites excluding steroid dienone is 1. The van der Waals surface area contributed by atoms with Gasteiger partial charge >= 0.3 is 0 Å². The Hall–Kier alpha value is -0.830. The molecule has 4 aliphatic carbocycles. The Morgan fingerprint density at radius 2 is 1.73 bits per heavy atom. The minimum atomic E-state index is -0.500. The van der Waals surface area contributed by atoms with E-state index in [1.54, 1.807) is 5.57 Å². The number of rotatable bonds is 8. The summed E-state index contributed by atoms with van der Waals surface area (Å²) >= 11 is 6.05. The largest absolute Gasteiger partial charge is 0.389 e. The quantitative estimate of drug-likeness (QED) is 0.342. The van der Waals surface area contributed by atoms with Crippen molar-refractivity contribution in [3.63, 3.8) is 0 Å². The van der Waals surface area contributed by atoms with Crippen LogP contribution in [0.1, 0.15) is 111 Å². The van der Waals surface area contributed by atoms with Crippen LogP contribution in [0.5, 0.6) is 0 Å². The van der Waals surface area contributed by atoms with Crippen molar-refractivity contribution >= 4 is 11.6 Å². The molecule has 1 N–H and O–H groups in total. The maximum absolute atomic E-state index is 12.5. The van der Waals surface area contributed by atoms with Crippen LogP contribution < -0.4 is 0 Å². The van der Waals surface area contributed by atoms with Gasteiger partial charge < -0.3 is 9.84 Å². The smallest absolute Gasteiger partial charge is 0.0737 e. The van der Waals surface area contributed by atoms with Gasteiger partial charge in [-0.3, -0.25) is 0 Å². The minimum Gasteiger partial charge on any atom is -0.389 e.